The number of nitrogens with one attached hydrogen (secondary N) is 2. The second-order valence-corrected chi connectivity index (χ2v) is 7.60. The number of likely N-dealkylation sites (N-methyl/N-ethyl adjacent to an activating group) is 1. The van der Waals surface area contributed by atoms with Gasteiger partial charge in [0.25, 0.3) is 0 Å². The molecule has 2 aliphatic heterocycles. The van der Waals surface area contributed by atoms with Gasteiger partial charge in [-0.2, -0.15) is 0 Å². The van der Waals surface area contributed by atoms with Crippen LogP contribution < -0.4 is 10.6 Å². The lowest BCUT2D eigenvalue weighted by Crippen LogP contribution is -2.48. The molecule has 2 heterocycles. The molecule has 1 amide bonds. The Balaban J connectivity index is 1.55. The van der Waals surface area contributed by atoms with E-state index >= 15 is 0 Å². The maximum Gasteiger partial charge on any atom is 0.238 e. The summed E-state index contributed by atoms with van der Waals surface area (Å²) in [5.41, 5.74) is 1.97. The van der Waals surface area contributed by atoms with Crippen LogP contribution in [0.4, 0.5) is 5.69 Å². The van der Waals surface area contributed by atoms with E-state index in [1.165, 1.54) is 12.8 Å². The third kappa shape index (κ3) is 3.70. The number of halogens is 1. The molecule has 2 bridgehead atoms. The van der Waals surface area contributed by atoms with Crippen LogP contribution in [0.1, 0.15) is 31.2 Å². The molecular formula is C17H24BrN3O. The number of amides is 1. The fourth-order valence-corrected chi connectivity index (χ4v) is 4.18. The highest BCUT2D eigenvalue weighted by molar-refractivity contribution is 9.10. The molecule has 4 nitrogen and oxygen atoms in total. The number of hydrogen-bond acceptors (Lipinski definition) is 3. The van der Waals surface area contributed by atoms with Crippen molar-refractivity contribution in [1.29, 1.82) is 0 Å². The Bertz CT molecular complexity index is 551. The number of rotatable bonds is 4. The van der Waals surface area contributed by atoms with Gasteiger partial charge < -0.3 is 10.6 Å². The van der Waals surface area contributed by atoms with Gasteiger partial charge in [-0.15, -0.1) is 0 Å². The predicted molar refractivity (Wildman–Crippen MR) is 93.1 cm³/mol. The first-order chi connectivity index (χ1) is 10.5. The number of piperidine rings is 1. The van der Waals surface area contributed by atoms with Crippen LogP contribution in [0.15, 0.2) is 22.7 Å². The Hall–Kier alpha value is -0.910. The van der Waals surface area contributed by atoms with Gasteiger partial charge in [0.2, 0.25) is 5.91 Å². The molecule has 120 valence electrons. The Morgan fingerprint density at radius 3 is 2.68 bits per heavy atom. The van der Waals surface area contributed by atoms with Gasteiger partial charge in [-0.25, -0.2) is 0 Å². The molecule has 2 aliphatic rings. The highest BCUT2D eigenvalue weighted by atomic mass is 79.9. The van der Waals surface area contributed by atoms with Crippen LogP contribution in [-0.2, 0) is 4.79 Å². The average Bonchev–Trinajstić information content (AvgIpc) is 2.80. The zero-order chi connectivity index (χ0) is 15.7. The van der Waals surface area contributed by atoms with Crippen LogP contribution in [0, 0.1) is 6.92 Å². The summed E-state index contributed by atoms with van der Waals surface area (Å²) in [7, 11) is 2.07. The van der Waals surface area contributed by atoms with Gasteiger partial charge in [-0.05, 0) is 63.4 Å². The number of nitrogens with zero attached hydrogens (tertiary/aromatic N) is 1. The smallest absolute Gasteiger partial charge is 0.238 e. The first kappa shape index (κ1) is 16.0. The summed E-state index contributed by atoms with van der Waals surface area (Å²) >= 11 is 3.45. The molecule has 2 fully saturated rings. The molecule has 2 N–H and O–H groups in total. The summed E-state index contributed by atoms with van der Waals surface area (Å²) in [6, 6.07) is 7.75. The van der Waals surface area contributed by atoms with E-state index in [0.717, 1.165) is 28.6 Å². The van der Waals surface area contributed by atoms with Crippen LogP contribution in [0.25, 0.3) is 0 Å². The molecule has 0 aromatic heterocycles. The Labute approximate surface area is 140 Å². The van der Waals surface area contributed by atoms with Gasteiger partial charge in [0, 0.05) is 28.3 Å². The van der Waals surface area contributed by atoms with E-state index in [0.29, 0.717) is 24.7 Å². The Kier molecular flexibility index (Phi) is 4.85. The fourth-order valence-electron chi connectivity index (χ4n) is 3.70. The first-order valence-electron chi connectivity index (χ1n) is 8.03. The number of fused-ring (bicyclic) bond motifs is 2. The zero-order valence-electron chi connectivity index (χ0n) is 13.2. The van der Waals surface area contributed by atoms with Gasteiger partial charge in [-0.3, -0.25) is 9.69 Å². The van der Waals surface area contributed by atoms with Gasteiger partial charge in [0.05, 0.1) is 6.54 Å². The van der Waals surface area contributed by atoms with Crippen molar-refractivity contribution in [2.24, 2.45) is 0 Å². The van der Waals surface area contributed by atoms with E-state index in [2.05, 4.69) is 38.5 Å². The lowest BCUT2D eigenvalue weighted by molar-refractivity contribution is -0.117. The number of carbonyl (C=O) groups is 1. The minimum absolute atomic E-state index is 0.0683. The summed E-state index contributed by atoms with van der Waals surface area (Å²) < 4.78 is 1.03. The molecule has 1 aromatic rings. The van der Waals surface area contributed by atoms with Crippen LogP contribution in [-0.4, -0.2) is 42.5 Å². The maximum absolute atomic E-state index is 12.3. The van der Waals surface area contributed by atoms with Crippen molar-refractivity contribution in [1.82, 2.24) is 10.2 Å². The largest absolute Gasteiger partial charge is 0.325 e. The van der Waals surface area contributed by atoms with E-state index in [9.17, 15) is 4.79 Å². The molecule has 1 aromatic carbocycles. The van der Waals surface area contributed by atoms with Gasteiger partial charge >= 0.3 is 0 Å². The highest BCUT2D eigenvalue weighted by Gasteiger charge is 2.35. The Morgan fingerprint density at radius 2 is 2.05 bits per heavy atom. The highest BCUT2D eigenvalue weighted by Crippen LogP contribution is 2.29. The van der Waals surface area contributed by atoms with Crippen molar-refractivity contribution >= 4 is 27.5 Å². The second-order valence-electron chi connectivity index (χ2n) is 6.69. The van der Waals surface area contributed by atoms with Crippen LogP contribution in [0.5, 0.6) is 0 Å². The summed E-state index contributed by atoms with van der Waals surface area (Å²) in [6.45, 7) is 2.47. The molecule has 0 radical (unpaired) electrons. The summed E-state index contributed by atoms with van der Waals surface area (Å²) in [6.07, 6.45) is 4.91. The van der Waals surface area contributed by atoms with E-state index < -0.39 is 0 Å². The van der Waals surface area contributed by atoms with Gasteiger partial charge in [0.1, 0.15) is 0 Å². The standard InChI is InChI=1S/C17H24BrN3O/c1-11-7-12(18)3-6-16(11)20-17(22)10-21(2)15-8-13-4-5-14(9-15)19-13/h3,6-7,13-15,19H,4-5,8-10H2,1-2H3,(H,20,22). The SMILES string of the molecule is Cc1cc(Br)ccc1NC(=O)CN(C)C1CC2CCC(C1)N2. The third-order valence-electron chi connectivity index (χ3n) is 4.93. The van der Waals surface area contributed by atoms with Crippen molar-refractivity contribution < 1.29 is 4.79 Å². The second kappa shape index (κ2) is 6.69. The fraction of sp³-hybridized carbons (Fsp3) is 0.588. The number of hydrogen-bond donors (Lipinski definition) is 2. The molecule has 5 heteroatoms. The number of benzene rings is 1. The summed E-state index contributed by atoms with van der Waals surface area (Å²) in [5.74, 6) is 0.0683. The molecule has 0 aliphatic carbocycles. The van der Waals surface area contributed by atoms with Crippen molar-refractivity contribution in [3.05, 3.63) is 28.2 Å². The molecule has 22 heavy (non-hydrogen) atoms. The van der Waals surface area contributed by atoms with Gasteiger partial charge in [-0.1, -0.05) is 15.9 Å². The topological polar surface area (TPSA) is 44.4 Å². The molecule has 0 saturated carbocycles. The third-order valence-corrected chi connectivity index (χ3v) is 5.42. The summed E-state index contributed by atoms with van der Waals surface area (Å²) in [5, 5.41) is 6.68. The number of aryl methyl sites for hydroxylation is 1. The van der Waals surface area contributed by atoms with Crippen LogP contribution >= 0.6 is 15.9 Å². The molecular weight excluding hydrogens is 342 g/mol. The van der Waals surface area contributed by atoms with Crippen molar-refractivity contribution in [3.63, 3.8) is 0 Å². The molecule has 2 saturated heterocycles. The quantitative estimate of drug-likeness (QED) is 0.861. The van der Waals surface area contributed by atoms with Crippen molar-refractivity contribution in [2.75, 3.05) is 18.9 Å². The monoisotopic (exact) mass is 365 g/mol. The van der Waals surface area contributed by atoms with E-state index in [1.54, 1.807) is 0 Å². The number of carbonyl (C=O) groups excluding carboxylic acids is 1. The molecule has 0 spiro atoms. The molecule has 2 unspecified atom stereocenters. The Morgan fingerprint density at radius 1 is 1.36 bits per heavy atom. The maximum atomic E-state index is 12.3. The van der Waals surface area contributed by atoms with E-state index in [4.69, 9.17) is 0 Å². The van der Waals surface area contributed by atoms with Crippen LogP contribution in [0.2, 0.25) is 0 Å². The minimum atomic E-state index is 0.0683. The summed E-state index contributed by atoms with van der Waals surface area (Å²) in [4.78, 5) is 14.5. The van der Waals surface area contributed by atoms with Crippen LogP contribution in [0.3, 0.4) is 0 Å². The normalized spacial score (nSPS) is 27.2. The van der Waals surface area contributed by atoms with E-state index in [-0.39, 0.29) is 5.91 Å². The average molecular weight is 366 g/mol. The minimum Gasteiger partial charge on any atom is -0.325 e. The molecule has 2 atom stereocenters. The first-order valence-corrected chi connectivity index (χ1v) is 8.83. The number of anilines is 1. The lowest BCUT2D eigenvalue weighted by atomic mass is 9.98. The van der Waals surface area contributed by atoms with Crippen molar-refractivity contribution in [3.8, 4) is 0 Å². The predicted octanol–water partition coefficient (Wildman–Crippen LogP) is 2.91. The zero-order valence-corrected chi connectivity index (χ0v) is 14.8. The van der Waals surface area contributed by atoms with Crippen molar-refractivity contribution in [2.45, 2.75) is 50.7 Å². The molecule has 3 rings (SSSR count). The lowest BCUT2D eigenvalue weighted by Gasteiger charge is -2.35. The van der Waals surface area contributed by atoms with E-state index in [1.807, 2.05) is 25.1 Å². The van der Waals surface area contributed by atoms with Gasteiger partial charge in [0.15, 0.2) is 0 Å².